The summed E-state index contributed by atoms with van der Waals surface area (Å²) in [5.74, 6) is 1.82. The lowest BCUT2D eigenvalue weighted by Gasteiger charge is -2.34. The zero-order valence-corrected chi connectivity index (χ0v) is 49.1. The largest absolute Gasteiger partial charge is 0.355 e. The van der Waals surface area contributed by atoms with Gasteiger partial charge in [-0.05, 0) is 38.2 Å². The van der Waals surface area contributed by atoms with Crippen molar-refractivity contribution in [1.82, 2.24) is 10.3 Å². The third-order valence-electron chi connectivity index (χ3n) is 12.2. The zero-order chi connectivity index (χ0) is 55.4. The fourth-order valence-corrected chi connectivity index (χ4v) is 7.33. The Morgan fingerprint density at radius 2 is 0.829 bits per heavy atom. The first-order valence-electron chi connectivity index (χ1n) is 26.4. The van der Waals surface area contributed by atoms with Crippen molar-refractivity contribution in [1.29, 1.82) is 0 Å². The van der Waals surface area contributed by atoms with Crippen molar-refractivity contribution in [3.8, 4) is 0 Å². The van der Waals surface area contributed by atoms with E-state index in [9.17, 15) is 38.4 Å². The van der Waals surface area contributed by atoms with Gasteiger partial charge in [0.25, 0.3) is 0 Å². The van der Waals surface area contributed by atoms with Gasteiger partial charge in [-0.25, -0.2) is 0 Å². The van der Waals surface area contributed by atoms with Crippen LogP contribution in [0.5, 0.6) is 0 Å². The number of Topliss-reactive ketones (excluding diaryl/α,β-unsaturated/α-hetero) is 7. The minimum atomic E-state index is -0.467. The molecule has 0 radical (unpaired) electrons. The fraction of sp³-hybridized carbons (Fsp3) is 0.783. The van der Waals surface area contributed by atoms with Crippen molar-refractivity contribution in [3.63, 3.8) is 0 Å². The molecule has 1 saturated carbocycles. The normalized spacial score (nSPS) is 15.7. The number of amides is 1. The number of rotatable bonds is 17. The molecule has 1 aliphatic rings. The van der Waals surface area contributed by atoms with Crippen LogP contribution in [0.15, 0.2) is 18.5 Å². The number of aromatic nitrogens is 1. The lowest BCUT2D eigenvalue weighted by molar-refractivity contribution is -0.136. The molecule has 0 aromatic carbocycles. The molecule has 2 atom stereocenters. The number of nitrogens with zero attached hydrogens (tertiary/aromatic N) is 1. The predicted octanol–water partition coefficient (Wildman–Crippen LogP) is 14.7. The smallest absolute Gasteiger partial charge is 0.225 e. The Morgan fingerprint density at radius 3 is 1.11 bits per heavy atom. The Morgan fingerprint density at radius 1 is 0.486 bits per heavy atom. The summed E-state index contributed by atoms with van der Waals surface area (Å²) in [5.41, 5.74) is -1.25. The molecule has 70 heavy (non-hydrogen) atoms. The summed E-state index contributed by atoms with van der Waals surface area (Å²) in [6.07, 6.45) is 15.3. The number of hydrogen-bond acceptors (Lipinski definition) is 9. The van der Waals surface area contributed by atoms with E-state index >= 15 is 0 Å². The second-order valence-corrected chi connectivity index (χ2v) is 27.3. The number of ketones is 7. The van der Waals surface area contributed by atoms with Gasteiger partial charge in [-0.1, -0.05) is 191 Å². The highest BCUT2D eigenvalue weighted by Gasteiger charge is 2.38. The van der Waals surface area contributed by atoms with Crippen molar-refractivity contribution in [2.45, 2.75) is 243 Å². The Balaban J connectivity index is 0. The van der Waals surface area contributed by atoms with Gasteiger partial charge in [0.2, 0.25) is 5.91 Å². The minimum absolute atomic E-state index is 0.00133. The molecule has 1 amide bonds. The van der Waals surface area contributed by atoms with E-state index in [1.165, 1.54) is 25.2 Å². The van der Waals surface area contributed by atoms with Crippen LogP contribution in [0.4, 0.5) is 0 Å². The molecule has 1 heterocycles. The molecule has 1 aromatic heterocycles. The molecule has 2 rings (SSSR count). The molecular formula is C60H104N2O8. The molecule has 0 spiro atoms. The van der Waals surface area contributed by atoms with E-state index in [2.05, 4.69) is 10.3 Å². The summed E-state index contributed by atoms with van der Waals surface area (Å²) in [6, 6.07) is 1.65. The Hall–Kier alpha value is -3.69. The van der Waals surface area contributed by atoms with Gasteiger partial charge >= 0.3 is 0 Å². The van der Waals surface area contributed by atoms with Gasteiger partial charge in [0.05, 0.1) is 0 Å². The summed E-state index contributed by atoms with van der Waals surface area (Å²) in [4.78, 5) is 99.0. The molecule has 10 heteroatoms. The second kappa shape index (κ2) is 29.1. The lowest BCUT2D eigenvalue weighted by Crippen LogP contribution is -2.37. The van der Waals surface area contributed by atoms with E-state index in [0.29, 0.717) is 60.1 Å². The van der Waals surface area contributed by atoms with Gasteiger partial charge < -0.3 is 5.32 Å². The molecule has 1 N–H and O–H groups in total. The first-order chi connectivity index (χ1) is 31.4. The fourth-order valence-electron chi connectivity index (χ4n) is 7.33. The number of pyridine rings is 1. The van der Waals surface area contributed by atoms with Crippen LogP contribution in [0.2, 0.25) is 0 Å². The number of nitrogens with one attached hydrogen (secondary N) is 1. The number of carbonyl (C=O) groups excluding carboxylic acids is 8. The SMILES string of the molecule is CC(C)(C)C(=O)C1CCCC(C(=O)C(C)(C)C)C1.CC(C)(C)C(=O)CCCCCCCCC(=O)C(C)(C)C.CC(C)(C)C(=O)c1cncc(C(=O)C(C)(C)C)c1.CC(C)C(=O)CCNC(=O)C(C)(C)C. The van der Waals surface area contributed by atoms with Crippen LogP contribution in [-0.2, 0) is 28.8 Å². The molecule has 0 saturated heterocycles. The van der Waals surface area contributed by atoms with Gasteiger partial charge in [-0.15, -0.1) is 0 Å². The van der Waals surface area contributed by atoms with Crippen molar-refractivity contribution in [2.24, 2.45) is 55.7 Å². The Bertz CT molecular complexity index is 1750. The van der Waals surface area contributed by atoms with Gasteiger partial charge in [-0.2, -0.15) is 0 Å². The summed E-state index contributed by atoms with van der Waals surface area (Å²) in [7, 11) is 0. The van der Waals surface area contributed by atoms with E-state index in [-0.39, 0.29) is 68.1 Å². The molecule has 402 valence electrons. The van der Waals surface area contributed by atoms with E-state index in [0.717, 1.165) is 51.4 Å². The average Bonchev–Trinajstić information content (AvgIpc) is 3.21. The highest BCUT2D eigenvalue weighted by atomic mass is 16.2. The van der Waals surface area contributed by atoms with Crippen LogP contribution in [-0.4, -0.2) is 57.9 Å². The van der Waals surface area contributed by atoms with E-state index in [1.807, 2.05) is 159 Å². The maximum Gasteiger partial charge on any atom is 0.225 e. The van der Waals surface area contributed by atoms with Gasteiger partial charge in [-0.3, -0.25) is 43.3 Å². The van der Waals surface area contributed by atoms with Crippen LogP contribution < -0.4 is 5.32 Å². The minimum Gasteiger partial charge on any atom is -0.355 e. The Labute approximate surface area is 428 Å². The molecule has 1 aliphatic carbocycles. The first-order valence-corrected chi connectivity index (χ1v) is 26.4. The van der Waals surface area contributed by atoms with Crippen LogP contribution in [0.1, 0.15) is 263 Å². The van der Waals surface area contributed by atoms with Crippen LogP contribution in [0.25, 0.3) is 0 Å². The zero-order valence-electron chi connectivity index (χ0n) is 49.1. The van der Waals surface area contributed by atoms with Crippen molar-refractivity contribution in [3.05, 3.63) is 29.6 Å². The maximum absolute atomic E-state index is 12.3. The number of unbranched alkanes of at least 4 members (excludes halogenated alkanes) is 5. The number of hydrogen-bond donors (Lipinski definition) is 1. The van der Waals surface area contributed by atoms with Crippen LogP contribution in [0, 0.1) is 55.7 Å². The predicted molar refractivity (Wildman–Crippen MR) is 289 cm³/mol. The lowest BCUT2D eigenvalue weighted by atomic mass is 9.69. The molecule has 0 bridgehead atoms. The maximum atomic E-state index is 12.3. The average molecular weight is 981 g/mol. The molecule has 1 aromatic rings. The van der Waals surface area contributed by atoms with Gasteiger partial charge in [0.1, 0.15) is 28.9 Å². The van der Waals surface area contributed by atoms with Crippen LogP contribution >= 0.6 is 0 Å². The third kappa shape index (κ3) is 28.4. The molecule has 2 unspecified atom stereocenters. The monoisotopic (exact) mass is 981 g/mol. The second-order valence-electron chi connectivity index (χ2n) is 27.3. The van der Waals surface area contributed by atoms with Crippen molar-refractivity contribution >= 4 is 46.4 Å². The van der Waals surface area contributed by atoms with Gasteiger partial charge in [0, 0.05) is 105 Å². The van der Waals surface area contributed by atoms with E-state index in [1.54, 1.807) is 6.07 Å². The van der Waals surface area contributed by atoms with E-state index in [4.69, 9.17) is 0 Å². The third-order valence-corrected chi connectivity index (χ3v) is 12.2. The van der Waals surface area contributed by atoms with Crippen LogP contribution in [0.3, 0.4) is 0 Å². The van der Waals surface area contributed by atoms with Crippen molar-refractivity contribution < 1.29 is 38.4 Å². The highest BCUT2D eigenvalue weighted by Crippen LogP contribution is 2.37. The summed E-state index contributed by atoms with van der Waals surface area (Å²) >= 11 is 0. The molecule has 1 fully saturated rings. The Kier molecular flexibility index (Phi) is 28.4. The van der Waals surface area contributed by atoms with Crippen molar-refractivity contribution in [2.75, 3.05) is 6.54 Å². The van der Waals surface area contributed by atoms with Gasteiger partial charge in [0.15, 0.2) is 11.6 Å². The molecule has 10 nitrogen and oxygen atoms in total. The summed E-state index contributed by atoms with van der Waals surface area (Å²) < 4.78 is 0. The summed E-state index contributed by atoms with van der Waals surface area (Å²) in [6.45, 7) is 44.7. The standard InChI is InChI=1S/C18H34O2.C16H28O2.C15H21NO2.C11H21NO2/c1-17(2,3)15(19)13-11-9-7-8-10-12-14-16(20)18(4,5)6;1-15(2,3)13(17)11-8-7-9-12(10-11)14(18)16(4,5)6;1-14(2,3)12(17)10-7-11(9-16-8-10)13(18)15(4,5)6;1-8(2)9(13)6-7-12-10(14)11(3,4)5/h7-14H2,1-6H3;11-12H,7-10H2,1-6H3;7-9H,1-6H3;8H,6-7H2,1-5H3,(H,12,14). The quantitative estimate of drug-likeness (QED) is 0.118. The molecular weight excluding hydrogens is 877 g/mol. The number of carbonyl (C=O) groups is 8. The summed E-state index contributed by atoms with van der Waals surface area (Å²) in [5, 5.41) is 2.75. The topological polar surface area (TPSA) is 161 Å². The highest BCUT2D eigenvalue weighted by molar-refractivity contribution is 6.04. The van der Waals surface area contributed by atoms with E-state index < -0.39 is 10.8 Å². The first kappa shape index (κ1) is 68.4. The molecule has 0 aliphatic heterocycles.